The van der Waals surface area contributed by atoms with Gasteiger partial charge in [0.05, 0.1) is 0 Å². The number of nitrogens with two attached hydrogens (primary N) is 1. The molecule has 2 aliphatic carbocycles. The number of hydrogen-bond acceptors (Lipinski definition) is 2. The maximum absolute atomic E-state index is 12.1. The minimum atomic E-state index is 0.177. The van der Waals surface area contributed by atoms with Crippen molar-refractivity contribution in [3.63, 3.8) is 0 Å². The summed E-state index contributed by atoms with van der Waals surface area (Å²) in [7, 11) is 0. The summed E-state index contributed by atoms with van der Waals surface area (Å²) in [5.74, 6) is 2.08. The fraction of sp³-hybridized carbons (Fsp3) is 0.938. The number of rotatable bonds is 4. The molecule has 0 saturated heterocycles. The number of hydrogen-bond donors (Lipinski definition) is 2. The van der Waals surface area contributed by atoms with Crippen molar-refractivity contribution in [1.82, 2.24) is 5.32 Å². The molecule has 1 amide bonds. The molecule has 0 aromatic carbocycles. The van der Waals surface area contributed by atoms with Crippen molar-refractivity contribution in [2.24, 2.45) is 23.5 Å². The van der Waals surface area contributed by atoms with Gasteiger partial charge in [-0.3, -0.25) is 4.79 Å². The number of carbonyl (C=O) groups is 1. The predicted octanol–water partition coefficient (Wildman–Crippen LogP) is 2.84. The van der Waals surface area contributed by atoms with Gasteiger partial charge in [0.2, 0.25) is 5.91 Å². The zero-order valence-electron chi connectivity index (χ0n) is 12.4. The second-order valence-electron chi connectivity index (χ2n) is 6.66. The monoisotopic (exact) mass is 266 g/mol. The van der Waals surface area contributed by atoms with E-state index in [0.717, 1.165) is 38.1 Å². The molecule has 0 aliphatic heterocycles. The van der Waals surface area contributed by atoms with Crippen molar-refractivity contribution in [2.45, 2.75) is 70.8 Å². The molecule has 0 aromatic rings. The Morgan fingerprint density at radius 3 is 2.42 bits per heavy atom. The molecule has 0 heterocycles. The molecule has 0 bridgehead atoms. The maximum Gasteiger partial charge on any atom is 0.223 e. The normalized spacial score (nSPS) is 35.9. The molecule has 3 heteroatoms. The number of amides is 1. The van der Waals surface area contributed by atoms with Crippen LogP contribution in [0.25, 0.3) is 0 Å². The largest absolute Gasteiger partial charge is 0.356 e. The van der Waals surface area contributed by atoms with Crippen molar-refractivity contribution in [3.05, 3.63) is 0 Å². The Morgan fingerprint density at radius 1 is 1.11 bits per heavy atom. The van der Waals surface area contributed by atoms with Crippen LogP contribution in [-0.4, -0.2) is 18.5 Å². The summed E-state index contributed by atoms with van der Waals surface area (Å²) in [5, 5.41) is 3.18. The van der Waals surface area contributed by atoms with Crippen LogP contribution in [0.2, 0.25) is 0 Å². The fourth-order valence-corrected chi connectivity index (χ4v) is 3.70. The van der Waals surface area contributed by atoms with Crippen LogP contribution in [0.4, 0.5) is 0 Å². The van der Waals surface area contributed by atoms with E-state index in [1.807, 2.05) is 0 Å². The van der Waals surface area contributed by atoms with Gasteiger partial charge in [0, 0.05) is 18.5 Å². The molecule has 2 atom stereocenters. The minimum Gasteiger partial charge on any atom is -0.356 e. The van der Waals surface area contributed by atoms with E-state index in [4.69, 9.17) is 5.73 Å². The smallest absolute Gasteiger partial charge is 0.223 e. The zero-order valence-corrected chi connectivity index (χ0v) is 12.4. The first-order valence-corrected chi connectivity index (χ1v) is 8.22. The predicted molar refractivity (Wildman–Crippen MR) is 78.7 cm³/mol. The summed E-state index contributed by atoms with van der Waals surface area (Å²) in [6.45, 7) is 3.18. The first-order valence-electron chi connectivity index (χ1n) is 8.22. The molecular formula is C16H30N2O. The summed E-state index contributed by atoms with van der Waals surface area (Å²) >= 11 is 0. The van der Waals surface area contributed by atoms with Gasteiger partial charge < -0.3 is 11.1 Å². The highest BCUT2D eigenvalue weighted by molar-refractivity contribution is 5.78. The van der Waals surface area contributed by atoms with E-state index in [2.05, 4.69) is 12.2 Å². The third-order valence-corrected chi connectivity index (χ3v) is 5.19. The summed E-state index contributed by atoms with van der Waals surface area (Å²) in [6, 6.07) is 0.240. The van der Waals surface area contributed by atoms with Crippen LogP contribution in [-0.2, 0) is 4.79 Å². The summed E-state index contributed by atoms with van der Waals surface area (Å²) in [6.07, 6.45) is 10.7. The second kappa shape index (κ2) is 7.28. The third-order valence-electron chi connectivity index (χ3n) is 5.19. The minimum absolute atomic E-state index is 0.177. The van der Waals surface area contributed by atoms with E-state index in [1.54, 1.807) is 0 Å². The Kier molecular flexibility index (Phi) is 5.68. The second-order valence-corrected chi connectivity index (χ2v) is 6.66. The highest BCUT2D eigenvalue weighted by atomic mass is 16.1. The molecule has 2 rings (SSSR count). The lowest BCUT2D eigenvalue weighted by molar-refractivity contribution is -0.126. The average Bonchev–Trinajstić information content (AvgIpc) is 2.45. The molecule has 3 N–H and O–H groups in total. The Labute approximate surface area is 117 Å². The lowest BCUT2D eigenvalue weighted by atomic mass is 9.80. The van der Waals surface area contributed by atoms with Crippen molar-refractivity contribution in [2.75, 3.05) is 6.54 Å². The van der Waals surface area contributed by atoms with Gasteiger partial charge >= 0.3 is 0 Å². The quantitative estimate of drug-likeness (QED) is 0.822. The summed E-state index contributed by atoms with van der Waals surface area (Å²) in [4.78, 5) is 12.1. The average molecular weight is 266 g/mol. The highest BCUT2D eigenvalue weighted by Gasteiger charge is 2.26. The van der Waals surface area contributed by atoms with Gasteiger partial charge in [0.15, 0.2) is 0 Å². The van der Waals surface area contributed by atoms with Crippen LogP contribution in [0.15, 0.2) is 0 Å². The fourth-order valence-electron chi connectivity index (χ4n) is 3.70. The zero-order chi connectivity index (χ0) is 13.7. The van der Waals surface area contributed by atoms with Crippen molar-refractivity contribution in [3.8, 4) is 0 Å². The Morgan fingerprint density at radius 2 is 1.79 bits per heavy atom. The van der Waals surface area contributed by atoms with Gasteiger partial charge in [-0.15, -0.1) is 0 Å². The molecule has 2 aliphatic rings. The van der Waals surface area contributed by atoms with Crippen LogP contribution < -0.4 is 11.1 Å². The Bertz CT molecular complexity index is 284. The molecule has 110 valence electrons. The van der Waals surface area contributed by atoms with E-state index in [0.29, 0.717) is 5.92 Å². The van der Waals surface area contributed by atoms with E-state index in [1.165, 1.54) is 32.1 Å². The third kappa shape index (κ3) is 4.48. The van der Waals surface area contributed by atoms with Gasteiger partial charge in [-0.25, -0.2) is 0 Å². The molecule has 2 fully saturated rings. The van der Waals surface area contributed by atoms with Crippen molar-refractivity contribution in [1.29, 1.82) is 0 Å². The van der Waals surface area contributed by atoms with Crippen LogP contribution in [0, 0.1) is 17.8 Å². The van der Waals surface area contributed by atoms with Crippen LogP contribution in [0.5, 0.6) is 0 Å². The highest BCUT2D eigenvalue weighted by Crippen LogP contribution is 2.30. The number of nitrogens with one attached hydrogen (secondary N) is 1. The van der Waals surface area contributed by atoms with Crippen molar-refractivity contribution < 1.29 is 4.79 Å². The van der Waals surface area contributed by atoms with Crippen LogP contribution >= 0.6 is 0 Å². The van der Waals surface area contributed by atoms with Crippen LogP contribution in [0.3, 0.4) is 0 Å². The maximum atomic E-state index is 12.1. The summed E-state index contributed by atoms with van der Waals surface area (Å²) < 4.78 is 0. The first-order chi connectivity index (χ1) is 9.19. The number of carbonyl (C=O) groups excluding carboxylic acids is 1. The molecule has 0 spiro atoms. The standard InChI is InChI=1S/C16H30N2O/c1-2-12-6-8-13(9-7-12)11-18-16(19)14-4-3-5-15(17)10-14/h12-15H,2-11,17H2,1H3,(H,18,19). The molecular weight excluding hydrogens is 236 g/mol. The topological polar surface area (TPSA) is 55.1 Å². The lowest BCUT2D eigenvalue weighted by Gasteiger charge is -2.29. The lowest BCUT2D eigenvalue weighted by Crippen LogP contribution is -2.40. The molecule has 0 radical (unpaired) electrons. The molecule has 0 aromatic heterocycles. The summed E-state index contributed by atoms with van der Waals surface area (Å²) in [5.41, 5.74) is 5.95. The Hall–Kier alpha value is -0.570. The van der Waals surface area contributed by atoms with Gasteiger partial charge in [-0.1, -0.05) is 32.6 Å². The van der Waals surface area contributed by atoms with Gasteiger partial charge in [0.1, 0.15) is 0 Å². The van der Waals surface area contributed by atoms with Gasteiger partial charge in [-0.2, -0.15) is 0 Å². The van der Waals surface area contributed by atoms with Crippen LogP contribution in [0.1, 0.15) is 64.7 Å². The van der Waals surface area contributed by atoms with E-state index in [-0.39, 0.29) is 17.9 Å². The van der Waals surface area contributed by atoms with E-state index < -0.39 is 0 Å². The van der Waals surface area contributed by atoms with Gasteiger partial charge in [-0.05, 0) is 43.9 Å². The van der Waals surface area contributed by atoms with E-state index >= 15 is 0 Å². The van der Waals surface area contributed by atoms with Gasteiger partial charge in [0.25, 0.3) is 0 Å². The molecule has 19 heavy (non-hydrogen) atoms. The SMILES string of the molecule is CCC1CCC(CNC(=O)C2CCCC(N)C2)CC1. The Balaban J connectivity index is 1.66. The molecule has 3 nitrogen and oxygen atoms in total. The molecule has 2 unspecified atom stereocenters. The van der Waals surface area contributed by atoms with E-state index in [9.17, 15) is 4.79 Å². The van der Waals surface area contributed by atoms with Crippen molar-refractivity contribution >= 4 is 5.91 Å². The first kappa shape index (κ1) is 14.8. The molecule has 2 saturated carbocycles.